The fraction of sp³-hybridized carbons (Fsp3) is 0.125. The van der Waals surface area contributed by atoms with E-state index in [9.17, 15) is 14.9 Å². The van der Waals surface area contributed by atoms with Crippen molar-refractivity contribution < 1.29 is 14.5 Å². The van der Waals surface area contributed by atoms with E-state index < -0.39 is 10.8 Å². The van der Waals surface area contributed by atoms with Crippen molar-refractivity contribution in [2.24, 2.45) is 0 Å². The molecule has 0 aromatic heterocycles. The molecule has 0 bridgehead atoms. The molecule has 7 nitrogen and oxygen atoms in total. The van der Waals surface area contributed by atoms with Crippen molar-refractivity contribution in [2.45, 2.75) is 0 Å². The molecule has 0 aliphatic rings. The topological polar surface area (TPSA) is 93.5 Å². The molecule has 1 amide bonds. The van der Waals surface area contributed by atoms with Crippen LogP contribution in [0, 0.1) is 22.0 Å². The molecule has 0 unspecified atom stereocenters. The smallest absolute Gasteiger partial charge is 0.293 e. The fourth-order valence-corrected chi connectivity index (χ4v) is 2.80. The molecule has 7 heteroatoms. The van der Waals surface area contributed by atoms with E-state index in [0.717, 1.165) is 11.1 Å². The molecule has 0 heterocycles. The van der Waals surface area contributed by atoms with Crippen LogP contribution in [0.2, 0.25) is 0 Å². The second kappa shape index (κ2) is 10.6. The average Bonchev–Trinajstić information content (AvgIpc) is 2.79. The van der Waals surface area contributed by atoms with Gasteiger partial charge in [0, 0.05) is 42.1 Å². The fourth-order valence-electron chi connectivity index (χ4n) is 2.80. The maximum absolute atomic E-state index is 12.6. The minimum atomic E-state index is -0.522. The van der Waals surface area contributed by atoms with E-state index in [0.29, 0.717) is 24.5 Å². The molecule has 0 aliphatic carbocycles. The number of ether oxygens (including phenoxy) is 1. The number of hydrogen-bond donors (Lipinski definition) is 2. The van der Waals surface area contributed by atoms with Crippen LogP contribution in [0.15, 0.2) is 72.8 Å². The van der Waals surface area contributed by atoms with Gasteiger partial charge in [0.25, 0.3) is 11.6 Å². The predicted molar refractivity (Wildman–Crippen MR) is 120 cm³/mol. The maximum atomic E-state index is 12.6. The zero-order valence-electron chi connectivity index (χ0n) is 16.9. The molecule has 0 radical (unpaired) electrons. The van der Waals surface area contributed by atoms with Crippen molar-refractivity contribution in [1.82, 2.24) is 0 Å². The second-order valence-corrected chi connectivity index (χ2v) is 6.56. The molecular weight excluding hydrogens is 394 g/mol. The van der Waals surface area contributed by atoms with E-state index in [1.807, 2.05) is 36.4 Å². The number of nitrogens with one attached hydrogen (secondary N) is 2. The number of hydrogen-bond acceptors (Lipinski definition) is 5. The first kappa shape index (κ1) is 21.6. The van der Waals surface area contributed by atoms with Crippen LogP contribution in [0.5, 0.6) is 0 Å². The first-order valence-corrected chi connectivity index (χ1v) is 9.56. The summed E-state index contributed by atoms with van der Waals surface area (Å²) in [6, 6.07) is 21.0. The van der Waals surface area contributed by atoms with Gasteiger partial charge in [0.05, 0.1) is 11.5 Å². The Morgan fingerprint density at radius 3 is 2.48 bits per heavy atom. The maximum Gasteiger partial charge on any atom is 0.293 e. The van der Waals surface area contributed by atoms with Gasteiger partial charge < -0.3 is 15.4 Å². The quantitative estimate of drug-likeness (QED) is 0.260. The van der Waals surface area contributed by atoms with Crippen LogP contribution in [-0.2, 0) is 4.74 Å². The Kier molecular flexibility index (Phi) is 7.35. The number of carbonyl (C=O) groups is 1. The molecule has 156 valence electrons. The summed E-state index contributed by atoms with van der Waals surface area (Å²) in [6.07, 6.45) is 0. The van der Waals surface area contributed by atoms with Crippen LogP contribution in [0.4, 0.5) is 17.1 Å². The number of rotatable bonds is 7. The third-order valence-electron chi connectivity index (χ3n) is 4.32. The molecule has 3 aromatic carbocycles. The minimum Gasteiger partial charge on any atom is -0.383 e. The van der Waals surface area contributed by atoms with Crippen LogP contribution in [0.1, 0.15) is 21.5 Å². The van der Waals surface area contributed by atoms with E-state index in [4.69, 9.17) is 4.74 Å². The second-order valence-electron chi connectivity index (χ2n) is 6.56. The number of amides is 1. The highest BCUT2D eigenvalue weighted by Crippen LogP contribution is 2.26. The van der Waals surface area contributed by atoms with E-state index in [1.165, 1.54) is 18.2 Å². The number of methoxy groups -OCH3 is 1. The number of anilines is 2. The minimum absolute atomic E-state index is 0.175. The van der Waals surface area contributed by atoms with Gasteiger partial charge in [-0.25, -0.2) is 0 Å². The van der Waals surface area contributed by atoms with Crippen molar-refractivity contribution in [3.63, 3.8) is 0 Å². The monoisotopic (exact) mass is 415 g/mol. The predicted octanol–water partition coefficient (Wildman–Crippen LogP) is 4.31. The molecule has 3 aromatic rings. The van der Waals surface area contributed by atoms with Gasteiger partial charge in [-0.2, -0.15) is 0 Å². The van der Waals surface area contributed by atoms with Gasteiger partial charge in [-0.1, -0.05) is 36.1 Å². The van der Waals surface area contributed by atoms with E-state index >= 15 is 0 Å². The molecule has 3 rings (SSSR count). The average molecular weight is 415 g/mol. The lowest BCUT2D eigenvalue weighted by atomic mass is 10.1. The standard InChI is InChI=1S/C24H21N3O4/c1-31-15-14-25-22-13-12-20(17-23(22)27(29)30)24(28)26-21-9-5-8-19(16-21)11-10-18-6-3-2-4-7-18/h2-9,12-13,16-17,25H,14-15H2,1H3,(H,26,28). The van der Waals surface area contributed by atoms with Crippen molar-refractivity contribution in [3.05, 3.63) is 99.6 Å². The summed E-state index contributed by atoms with van der Waals surface area (Å²) in [7, 11) is 1.55. The third-order valence-corrected chi connectivity index (χ3v) is 4.32. The highest BCUT2D eigenvalue weighted by atomic mass is 16.6. The largest absolute Gasteiger partial charge is 0.383 e. The molecule has 0 saturated carbocycles. The number of nitro benzene ring substituents is 1. The summed E-state index contributed by atoms with van der Waals surface area (Å²) in [5.41, 5.74) is 2.52. The lowest BCUT2D eigenvalue weighted by molar-refractivity contribution is -0.384. The summed E-state index contributed by atoms with van der Waals surface area (Å²) in [6.45, 7) is 0.822. The first-order chi connectivity index (χ1) is 15.1. The lowest BCUT2D eigenvalue weighted by Gasteiger charge is -2.09. The Hall–Kier alpha value is -4.15. The van der Waals surface area contributed by atoms with Gasteiger partial charge in [-0.15, -0.1) is 0 Å². The summed E-state index contributed by atoms with van der Waals surface area (Å²) >= 11 is 0. The van der Waals surface area contributed by atoms with Gasteiger partial charge in [-0.05, 0) is 42.5 Å². The van der Waals surface area contributed by atoms with E-state index in [2.05, 4.69) is 22.5 Å². The third kappa shape index (κ3) is 6.16. The zero-order valence-corrected chi connectivity index (χ0v) is 16.9. The van der Waals surface area contributed by atoms with Crippen molar-refractivity contribution in [3.8, 4) is 11.8 Å². The number of benzene rings is 3. The molecule has 0 spiro atoms. The van der Waals surface area contributed by atoms with Crippen molar-refractivity contribution >= 4 is 23.0 Å². The Balaban J connectivity index is 1.75. The molecule has 0 aliphatic heterocycles. The van der Waals surface area contributed by atoms with Crippen molar-refractivity contribution in [1.29, 1.82) is 0 Å². The molecule has 31 heavy (non-hydrogen) atoms. The van der Waals surface area contributed by atoms with Gasteiger partial charge >= 0.3 is 0 Å². The SMILES string of the molecule is COCCNc1ccc(C(=O)Nc2cccc(C#Cc3ccccc3)c2)cc1[N+](=O)[O-]. The Bertz CT molecular complexity index is 1130. The van der Waals surface area contributed by atoms with E-state index in [-0.39, 0.29) is 11.3 Å². The van der Waals surface area contributed by atoms with Crippen LogP contribution in [0.3, 0.4) is 0 Å². The highest BCUT2D eigenvalue weighted by molar-refractivity contribution is 6.05. The van der Waals surface area contributed by atoms with Crippen LogP contribution in [-0.4, -0.2) is 31.1 Å². The van der Waals surface area contributed by atoms with Crippen molar-refractivity contribution in [2.75, 3.05) is 30.9 Å². The Morgan fingerprint density at radius 2 is 1.74 bits per heavy atom. The van der Waals surface area contributed by atoms with Crippen LogP contribution < -0.4 is 10.6 Å². The summed E-state index contributed by atoms with van der Waals surface area (Å²) in [5, 5.41) is 17.1. The van der Waals surface area contributed by atoms with Gasteiger partial charge in [-0.3, -0.25) is 14.9 Å². The lowest BCUT2D eigenvalue weighted by Crippen LogP contribution is -2.13. The van der Waals surface area contributed by atoms with Gasteiger partial charge in [0.15, 0.2) is 0 Å². The Morgan fingerprint density at radius 1 is 1.00 bits per heavy atom. The molecule has 0 saturated heterocycles. The van der Waals surface area contributed by atoms with Gasteiger partial charge in [0.1, 0.15) is 5.69 Å². The molecule has 2 N–H and O–H groups in total. The Labute approximate surface area is 180 Å². The zero-order chi connectivity index (χ0) is 22.1. The summed E-state index contributed by atoms with van der Waals surface area (Å²) in [4.78, 5) is 23.5. The van der Waals surface area contributed by atoms with Crippen LogP contribution in [0.25, 0.3) is 0 Å². The van der Waals surface area contributed by atoms with Crippen LogP contribution >= 0.6 is 0 Å². The first-order valence-electron chi connectivity index (χ1n) is 9.56. The van der Waals surface area contributed by atoms with E-state index in [1.54, 1.807) is 25.3 Å². The molecule has 0 fully saturated rings. The number of carbonyl (C=O) groups excluding carboxylic acids is 1. The highest BCUT2D eigenvalue weighted by Gasteiger charge is 2.17. The van der Waals surface area contributed by atoms with Gasteiger partial charge in [0.2, 0.25) is 0 Å². The summed E-state index contributed by atoms with van der Waals surface area (Å²) in [5.74, 6) is 5.68. The molecule has 0 atom stereocenters. The number of nitrogens with zero attached hydrogens (tertiary/aromatic N) is 1. The number of nitro groups is 1. The summed E-state index contributed by atoms with van der Waals surface area (Å²) < 4.78 is 4.94. The molecular formula is C24H21N3O4. The normalized spacial score (nSPS) is 9.97.